The van der Waals surface area contributed by atoms with E-state index in [1.54, 1.807) is 11.3 Å². The van der Waals surface area contributed by atoms with Crippen LogP contribution in [-0.4, -0.2) is 47.9 Å². The smallest absolute Gasteiger partial charge is 0.157 e. The quantitative estimate of drug-likeness (QED) is 0.194. The van der Waals surface area contributed by atoms with Gasteiger partial charge in [0.25, 0.3) is 0 Å². The molecule has 0 amide bonds. The van der Waals surface area contributed by atoms with Gasteiger partial charge in [0.05, 0.1) is 16.8 Å². The number of hydrogen-bond acceptors (Lipinski definition) is 7. The van der Waals surface area contributed by atoms with Crippen LogP contribution in [0.3, 0.4) is 0 Å². The summed E-state index contributed by atoms with van der Waals surface area (Å²) >= 11 is 1.78. The van der Waals surface area contributed by atoms with E-state index in [0.717, 1.165) is 55.2 Å². The molecule has 0 atom stereocenters. The number of aromatic nitrogens is 1. The van der Waals surface area contributed by atoms with Crippen LogP contribution in [0.2, 0.25) is 0 Å². The number of thiazole rings is 1. The van der Waals surface area contributed by atoms with Gasteiger partial charge >= 0.3 is 0 Å². The largest absolute Gasteiger partial charge is 0.382 e. The SMILES string of the molecule is N=N/N=C(\N)c1ccc(NC2CCCC2)cc1N1CCN(Cc2nc3ccccc3s2)CC1.[HH].[HH]. The third-order valence-corrected chi connectivity index (χ3v) is 7.59. The van der Waals surface area contributed by atoms with Crippen molar-refractivity contribution in [2.45, 2.75) is 38.3 Å². The zero-order valence-corrected chi connectivity index (χ0v) is 19.5. The number of nitrogens with zero attached hydrogens (tertiary/aromatic N) is 5. The Kier molecular flexibility index (Phi) is 6.50. The highest BCUT2D eigenvalue weighted by molar-refractivity contribution is 7.18. The van der Waals surface area contributed by atoms with Gasteiger partial charge in [0.15, 0.2) is 5.84 Å². The summed E-state index contributed by atoms with van der Waals surface area (Å²) in [5, 5.41) is 11.8. The Morgan fingerprint density at radius 3 is 2.70 bits per heavy atom. The molecule has 8 nitrogen and oxygen atoms in total. The number of hydrogen-bond donors (Lipinski definition) is 3. The van der Waals surface area contributed by atoms with Crippen molar-refractivity contribution in [2.75, 3.05) is 36.4 Å². The molecule has 4 N–H and O–H groups in total. The monoisotopic (exact) mass is 466 g/mol. The van der Waals surface area contributed by atoms with Crippen LogP contribution in [0.5, 0.6) is 0 Å². The molecule has 1 aliphatic carbocycles. The molecule has 1 aliphatic heterocycles. The second kappa shape index (κ2) is 9.84. The molecule has 1 saturated carbocycles. The van der Waals surface area contributed by atoms with Crippen LogP contribution in [-0.2, 0) is 6.54 Å². The van der Waals surface area contributed by atoms with E-state index in [1.165, 1.54) is 35.4 Å². The molecule has 0 unspecified atom stereocenters. The van der Waals surface area contributed by atoms with Crippen molar-refractivity contribution in [1.29, 1.82) is 5.53 Å². The first-order valence-electron chi connectivity index (χ1n) is 11.6. The topological polar surface area (TPSA) is 106 Å². The molecular formula is C24H34N8S. The minimum Gasteiger partial charge on any atom is -0.382 e. The second-order valence-electron chi connectivity index (χ2n) is 8.78. The first-order valence-corrected chi connectivity index (χ1v) is 12.4. The van der Waals surface area contributed by atoms with E-state index in [2.05, 4.69) is 55.8 Å². The van der Waals surface area contributed by atoms with Crippen molar-refractivity contribution in [3.8, 4) is 0 Å². The highest BCUT2D eigenvalue weighted by atomic mass is 32.1. The van der Waals surface area contributed by atoms with Crippen molar-refractivity contribution in [3.05, 3.63) is 53.0 Å². The summed E-state index contributed by atoms with van der Waals surface area (Å²) in [6, 6.07) is 15.1. The van der Waals surface area contributed by atoms with Gasteiger partial charge in [0.1, 0.15) is 5.01 Å². The fourth-order valence-electron chi connectivity index (χ4n) is 4.84. The van der Waals surface area contributed by atoms with Crippen LogP contribution in [0, 0.1) is 5.53 Å². The Morgan fingerprint density at radius 1 is 1.15 bits per heavy atom. The molecule has 5 rings (SSSR count). The van der Waals surface area contributed by atoms with Crippen LogP contribution in [0.25, 0.3) is 10.2 Å². The lowest BCUT2D eigenvalue weighted by atomic mass is 10.1. The Morgan fingerprint density at radius 2 is 1.94 bits per heavy atom. The molecule has 2 fully saturated rings. The average molecular weight is 467 g/mol. The number of nitrogens with one attached hydrogen (secondary N) is 2. The molecule has 2 aromatic carbocycles. The molecule has 1 saturated heterocycles. The lowest BCUT2D eigenvalue weighted by Gasteiger charge is -2.36. The van der Waals surface area contributed by atoms with Crippen LogP contribution in [0.4, 0.5) is 11.4 Å². The Balaban J connectivity index is 0.00000171. The van der Waals surface area contributed by atoms with E-state index < -0.39 is 0 Å². The van der Waals surface area contributed by atoms with Crippen molar-refractivity contribution >= 4 is 38.8 Å². The lowest BCUT2D eigenvalue weighted by Crippen LogP contribution is -2.46. The first kappa shape index (κ1) is 21.8. The predicted octanol–water partition coefficient (Wildman–Crippen LogP) is 5.12. The van der Waals surface area contributed by atoms with Gasteiger partial charge in [-0.3, -0.25) is 4.90 Å². The molecule has 0 bridgehead atoms. The van der Waals surface area contributed by atoms with Gasteiger partial charge < -0.3 is 16.0 Å². The van der Waals surface area contributed by atoms with E-state index >= 15 is 0 Å². The third-order valence-electron chi connectivity index (χ3n) is 6.57. The summed E-state index contributed by atoms with van der Waals surface area (Å²) in [6.45, 7) is 4.59. The average Bonchev–Trinajstić information content (AvgIpc) is 3.49. The van der Waals surface area contributed by atoms with Crippen molar-refractivity contribution < 1.29 is 2.85 Å². The van der Waals surface area contributed by atoms with Crippen LogP contribution in [0.1, 0.15) is 39.1 Å². The van der Waals surface area contributed by atoms with Gasteiger partial charge in [0.2, 0.25) is 0 Å². The highest BCUT2D eigenvalue weighted by Gasteiger charge is 2.23. The zero-order valence-electron chi connectivity index (χ0n) is 18.7. The van der Waals surface area contributed by atoms with Crippen LogP contribution in [0.15, 0.2) is 52.8 Å². The number of rotatable bonds is 7. The number of benzene rings is 2. The number of para-hydroxylation sites is 1. The molecule has 1 aromatic heterocycles. The molecule has 2 aliphatic rings. The van der Waals surface area contributed by atoms with Crippen LogP contribution < -0.4 is 16.0 Å². The summed E-state index contributed by atoms with van der Waals surface area (Å²) in [7, 11) is 0. The molecule has 0 spiro atoms. The van der Waals surface area contributed by atoms with Crippen molar-refractivity contribution in [3.63, 3.8) is 0 Å². The minimum absolute atomic E-state index is 0. The molecule has 3 aromatic rings. The molecule has 2 heterocycles. The number of amidine groups is 1. The summed E-state index contributed by atoms with van der Waals surface area (Å²) in [5.41, 5.74) is 17.3. The number of fused-ring (bicyclic) bond motifs is 1. The lowest BCUT2D eigenvalue weighted by molar-refractivity contribution is 0.249. The Hall–Kier alpha value is -3.04. The van der Waals surface area contributed by atoms with E-state index in [1.807, 2.05) is 12.1 Å². The normalized spacial score (nSPS) is 18.2. The number of piperazine rings is 1. The van der Waals surface area contributed by atoms with Gasteiger partial charge in [-0.1, -0.05) is 30.2 Å². The van der Waals surface area contributed by atoms with Crippen molar-refractivity contribution in [1.82, 2.24) is 9.88 Å². The first-order chi connectivity index (χ1) is 16.2. The summed E-state index contributed by atoms with van der Waals surface area (Å²) in [5.74, 6) is 0.282. The maximum atomic E-state index is 7.08. The molecular weight excluding hydrogens is 432 g/mol. The minimum atomic E-state index is 0. The van der Waals surface area contributed by atoms with Gasteiger partial charge in [-0.2, -0.15) is 5.53 Å². The van der Waals surface area contributed by atoms with E-state index in [0.29, 0.717) is 6.04 Å². The maximum absolute atomic E-state index is 7.08. The zero-order chi connectivity index (χ0) is 22.6. The van der Waals surface area contributed by atoms with E-state index in [9.17, 15) is 0 Å². The highest BCUT2D eigenvalue weighted by Crippen LogP contribution is 2.30. The second-order valence-corrected chi connectivity index (χ2v) is 9.90. The fraction of sp³-hybridized carbons (Fsp3) is 0.417. The summed E-state index contributed by atoms with van der Waals surface area (Å²) < 4.78 is 1.25. The molecule has 176 valence electrons. The number of nitrogens with two attached hydrogens (primary N) is 1. The van der Waals surface area contributed by atoms with E-state index in [-0.39, 0.29) is 8.69 Å². The maximum Gasteiger partial charge on any atom is 0.157 e. The van der Waals surface area contributed by atoms with E-state index in [4.69, 9.17) is 16.2 Å². The van der Waals surface area contributed by atoms with Gasteiger partial charge in [-0.25, -0.2) is 4.98 Å². The molecule has 0 radical (unpaired) electrons. The Labute approximate surface area is 201 Å². The molecule has 9 heteroatoms. The van der Waals surface area contributed by atoms with Gasteiger partial charge in [-0.15, -0.1) is 16.4 Å². The summed E-state index contributed by atoms with van der Waals surface area (Å²) in [6.07, 6.45) is 5.04. The number of anilines is 2. The van der Waals surface area contributed by atoms with Gasteiger partial charge in [-0.05, 0) is 43.2 Å². The van der Waals surface area contributed by atoms with Gasteiger partial charge in [0, 0.05) is 52.0 Å². The predicted molar refractivity (Wildman–Crippen MR) is 140 cm³/mol. The fourth-order valence-corrected chi connectivity index (χ4v) is 5.85. The third kappa shape index (κ3) is 4.99. The molecule has 33 heavy (non-hydrogen) atoms. The standard InChI is InChI=1S/C24H30N8S.2H2/c25-24(29-30-26)19-10-9-18(27-17-5-1-2-6-17)15-21(19)32-13-11-31(12-14-32)16-23-28-20-7-3-4-8-22(20)33-23;;/h3-4,7-10,15,17,27H,1-2,5-6,11-14,16H2,(H3,25,26,29);2*1H. The summed E-state index contributed by atoms with van der Waals surface area (Å²) in [4.78, 5) is 9.63. The van der Waals surface area contributed by atoms with Crippen LogP contribution >= 0.6 is 11.3 Å². The Bertz CT molecular complexity index is 1120. The van der Waals surface area contributed by atoms with Crippen molar-refractivity contribution in [2.24, 2.45) is 16.1 Å².